The van der Waals surface area contributed by atoms with E-state index in [2.05, 4.69) is 64.5 Å². The van der Waals surface area contributed by atoms with Crippen LogP contribution in [0.1, 0.15) is 22.3 Å². The molecular weight excluding hydrogens is 519 g/mol. The van der Waals surface area contributed by atoms with Crippen LogP contribution in [0.25, 0.3) is 0 Å². The Labute approximate surface area is 196 Å². The molecule has 0 nitrogen and oxygen atoms in total. The van der Waals surface area contributed by atoms with Crippen molar-refractivity contribution in [1.82, 2.24) is 0 Å². The second-order valence-electron chi connectivity index (χ2n) is 7.14. The highest BCUT2D eigenvalue weighted by atomic mass is 79.9. The Morgan fingerprint density at radius 2 is 1.39 bits per heavy atom. The monoisotopic (exact) mass is 536 g/mol. The van der Waals surface area contributed by atoms with Crippen molar-refractivity contribution in [3.05, 3.63) is 111 Å². The van der Waals surface area contributed by atoms with Gasteiger partial charge in [0.05, 0.1) is 5.56 Å². The fourth-order valence-corrected chi connectivity index (χ4v) is 5.06. The number of fused-ring (bicyclic) bond motifs is 1. The average molecular weight is 539 g/mol. The predicted octanol–water partition coefficient (Wildman–Crippen LogP) is 4.34. The molecule has 144 valence electrons. The van der Waals surface area contributed by atoms with Crippen molar-refractivity contribution in [3.63, 3.8) is 0 Å². The van der Waals surface area contributed by atoms with Crippen LogP contribution in [-0.2, 0) is 19.3 Å². The SMILES string of the molecule is Clc1ccc(C[C+]2c3ccccc3CC(Br)C2Cc2ccc(Cl)cc2)cc1.[Br-]. The molecule has 2 unspecified atom stereocenters. The molecule has 0 radical (unpaired) electrons. The topological polar surface area (TPSA) is 0 Å². The number of alkyl halides is 1. The van der Waals surface area contributed by atoms with Crippen LogP contribution in [0, 0.1) is 11.8 Å². The van der Waals surface area contributed by atoms with Gasteiger partial charge in [-0.1, -0.05) is 63.4 Å². The molecule has 0 fully saturated rings. The minimum Gasteiger partial charge on any atom is -1.00 e. The zero-order valence-electron chi connectivity index (χ0n) is 15.2. The third kappa shape index (κ3) is 4.97. The maximum Gasteiger partial charge on any atom is 0.136 e. The Kier molecular flexibility index (Phi) is 7.55. The molecule has 0 bridgehead atoms. The molecule has 0 aliphatic heterocycles. The summed E-state index contributed by atoms with van der Waals surface area (Å²) in [6, 6.07) is 25.3. The van der Waals surface area contributed by atoms with Gasteiger partial charge >= 0.3 is 0 Å². The minimum absolute atomic E-state index is 0. The van der Waals surface area contributed by atoms with Crippen LogP contribution in [-0.4, -0.2) is 4.83 Å². The van der Waals surface area contributed by atoms with Crippen LogP contribution in [0.5, 0.6) is 0 Å². The zero-order valence-corrected chi connectivity index (χ0v) is 19.9. The van der Waals surface area contributed by atoms with Crippen molar-refractivity contribution >= 4 is 39.1 Å². The number of benzene rings is 3. The standard InChI is InChI=1S/C24H20BrCl2.BrH/c25-24-15-18-3-1-2-4-21(18)22(13-16-5-9-19(26)10-6-16)23(24)14-17-7-11-20(27)12-8-17;/h1-12,23-24H,13-15H2;1H/q+1;/p-1. The molecule has 4 rings (SSSR count). The summed E-state index contributed by atoms with van der Waals surface area (Å²) in [5, 5.41) is 1.57. The number of halogens is 4. The molecule has 0 saturated carbocycles. The fourth-order valence-electron chi connectivity index (χ4n) is 3.96. The molecule has 1 aliphatic rings. The van der Waals surface area contributed by atoms with Gasteiger partial charge in [0.1, 0.15) is 5.56 Å². The van der Waals surface area contributed by atoms with Crippen molar-refractivity contribution in [3.8, 4) is 0 Å². The van der Waals surface area contributed by atoms with Gasteiger partial charge in [0.15, 0.2) is 0 Å². The first-order valence-corrected chi connectivity index (χ1v) is 10.8. The lowest BCUT2D eigenvalue weighted by Gasteiger charge is -2.32. The van der Waals surface area contributed by atoms with E-state index in [1.54, 1.807) is 0 Å². The van der Waals surface area contributed by atoms with E-state index in [0.717, 1.165) is 29.3 Å². The van der Waals surface area contributed by atoms with Gasteiger partial charge in [-0.15, -0.1) is 0 Å². The minimum atomic E-state index is 0. The summed E-state index contributed by atoms with van der Waals surface area (Å²) >= 11 is 16.1. The van der Waals surface area contributed by atoms with E-state index in [1.165, 1.54) is 28.2 Å². The fraction of sp³-hybridized carbons (Fsp3) is 0.208. The van der Waals surface area contributed by atoms with Crippen molar-refractivity contribution < 1.29 is 17.0 Å². The third-order valence-corrected chi connectivity index (χ3v) is 6.80. The summed E-state index contributed by atoms with van der Waals surface area (Å²) in [6.45, 7) is 0. The highest BCUT2D eigenvalue weighted by molar-refractivity contribution is 9.09. The normalized spacial score (nSPS) is 18.3. The number of hydrogen-bond donors (Lipinski definition) is 0. The smallest absolute Gasteiger partial charge is 0.136 e. The van der Waals surface area contributed by atoms with E-state index >= 15 is 0 Å². The van der Waals surface area contributed by atoms with Crippen LogP contribution >= 0.6 is 39.1 Å². The van der Waals surface area contributed by atoms with E-state index in [0.29, 0.717) is 10.7 Å². The number of rotatable bonds is 4. The Bertz CT molecular complexity index is 907. The lowest BCUT2D eigenvalue weighted by molar-refractivity contribution is -0.00000504. The summed E-state index contributed by atoms with van der Waals surface area (Å²) in [5.41, 5.74) is 5.45. The Morgan fingerprint density at radius 1 is 0.821 bits per heavy atom. The Morgan fingerprint density at radius 3 is 2.04 bits per heavy atom. The lowest BCUT2D eigenvalue weighted by Crippen LogP contribution is -3.00. The summed E-state index contributed by atoms with van der Waals surface area (Å²) < 4.78 is 0. The van der Waals surface area contributed by atoms with Gasteiger partial charge in [-0.2, -0.15) is 0 Å². The van der Waals surface area contributed by atoms with Crippen LogP contribution in [0.3, 0.4) is 0 Å². The molecule has 28 heavy (non-hydrogen) atoms. The van der Waals surface area contributed by atoms with Crippen molar-refractivity contribution in [2.75, 3.05) is 0 Å². The van der Waals surface area contributed by atoms with Crippen molar-refractivity contribution in [1.29, 1.82) is 0 Å². The van der Waals surface area contributed by atoms with E-state index in [4.69, 9.17) is 23.2 Å². The van der Waals surface area contributed by atoms with E-state index < -0.39 is 0 Å². The Balaban J connectivity index is 0.00000225. The maximum atomic E-state index is 6.08. The Hall–Kier alpha value is -0.930. The van der Waals surface area contributed by atoms with Crippen LogP contribution in [0.2, 0.25) is 10.0 Å². The molecular formula is C24H20Br2Cl2. The average Bonchev–Trinajstić information content (AvgIpc) is 2.67. The van der Waals surface area contributed by atoms with Crippen LogP contribution < -0.4 is 17.0 Å². The van der Waals surface area contributed by atoms with Crippen molar-refractivity contribution in [2.45, 2.75) is 24.1 Å². The van der Waals surface area contributed by atoms with E-state index in [-0.39, 0.29) is 17.0 Å². The molecule has 3 aromatic rings. The first-order valence-electron chi connectivity index (χ1n) is 9.17. The largest absolute Gasteiger partial charge is 1.00 e. The molecule has 0 N–H and O–H groups in total. The predicted molar refractivity (Wildman–Crippen MR) is 119 cm³/mol. The lowest BCUT2D eigenvalue weighted by atomic mass is 9.70. The molecule has 0 amide bonds. The highest BCUT2D eigenvalue weighted by Gasteiger charge is 2.41. The van der Waals surface area contributed by atoms with Gasteiger partial charge in [-0.3, -0.25) is 0 Å². The second kappa shape index (κ2) is 9.71. The van der Waals surface area contributed by atoms with Crippen LogP contribution in [0.4, 0.5) is 0 Å². The molecule has 2 atom stereocenters. The quantitative estimate of drug-likeness (QED) is 0.342. The van der Waals surface area contributed by atoms with Crippen LogP contribution in [0.15, 0.2) is 72.8 Å². The highest BCUT2D eigenvalue weighted by Crippen LogP contribution is 2.42. The molecule has 0 aromatic heterocycles. The first kappa shape index (κ1) is 21.8. The third-order valence-electron chi connectivity index (χ3n) is 5.34. The van der Waals surface area contributed by atoms with E-state index in [9.17, 15) is 0 Å². The van der Waals surface area contributed by atoms with Gasteiger partial charge in [-0.25, -0.2) is 0 Å². The molecule has 0 saturated heterocycles. The van der Waals surface area contributed by atoms with Gasteiger partial charge in [0.2, 0.25) is 0 Å². The van der Waals surface area contributed by atoms with Gasteiger partial charge in [0.25, 0.3) is 0 Å². The molecule has 4 heteroatoms. The summed E-state index contributed by atoms with van der Waals surface area (Å²) in [6.07, 6.45) is 3.00. The summed E-state index contributed by atoms with van der Waals surface area (Å²) in [4.78, 5) is 0.422. The van der Waals surface area contributed by atoms with E-state index in [1.807, 2.05) is 24.3 Å². The first-order chi connectivity index (χ1) is 13.1. The van der Waals surface area contributed by atoms with Gasteiger partial charge in [-0.05, 0) is 60.0 Å². The molecule has 0 heterocycles. The molecule has 0 spiro atoms. The maximum absolute atomic E-state index is 6.08. The molecule has 3 aromatic carbocycles. The van der Waals surface area contributed by atoms with Gasteiger partial charge < -0.3 is 17.0 Å². The summed E-state index contributed by atoms with van der Waals surface area (Å²) in [5.74, 6) is 1.94. The zero-order chi connectivity index (χ0) is 18.8. The second-order valence-corrected chi connectivity index (χ2v) is 9.19. The number of hydrogen-bond acceptors (Lipinski definition) is 0. The molecule has 1 aliphatic carbocycles. The summed E-state index contributed by atoms with van der Waals surface area (Å²) in [7, 11) is 0. The van der Waals surface area contributed by atoms with Gasteiger partial charge in [0, 0.05) is 45.6 Å². The van der Waals surface area contributed by atoms with Crippen molar-refractivity contribution in [2.24, 2.45) is 5.92 Å².